The number of non-ortho nitro benzene ring substituents is 1. The number of nitro groups is 1. The molecule has 0 unspecified atom stereocenters. The van der Waals surface area contributed by atoms with E-state index in [-0.39, 0.29) is 11.4 Å². The molecule has 0 aliphatic heterocycles. The SMILES string of the molecule is O=[N+]([O-])c1cc[14c](O)cc1. The van der Waals surface area contributed by atoms with Gasteiger partial charge in [0, 0.05) is 12.1 Å². The van der Waals surface area contributed by atoms with Crippen LogP contribution >= 0.6 is 0 Å². The van der Waals surface area contributed by atoms with Crippen molar-refractivity contribution in [1.29, 1.82) is 0 Å². The number of phenolic OH excluding ortho intramolecular Hbond substituents is 1. The van der Waals surface area contributed by atoms with Crippen molar-refractivity contribution in [1.82, 2.24) is 0 Å². The Labute approximate surface area is 56.9 Å². The first-order valence-electron chi connectivity index (χ1n) is 2.63. The van der Waals surface area contributed by atoms with Crippen molar-refractivity contribution >= 4 is 5.69 Å². The Morgan fingerprint density at radius 3 is 2.40 bits per heavy atom. The molecule has 0 heterocycles. The smallest absolute Gasteiger partial charge is 0.269 e. The topological polar surface area (TPSA) is 63.4 Å². The van der Waals surface area contributed by atoms with Crippen molar-refractivity contribution in [3.8, 4) is 5.75 Å². The van der Waals surface area contributed by atoms with E-state index in [1.165, 1.54) is 24.3 Å². The van der Waals surface area contributed by atoms with Gasteiger partial charge < -0.3 is 5.11 Å². The molecule has 1 aromatic rings. The van der Waals surface area contributed by atoms with E-state index in [4.69, 9.17) is 5.11 Å². The zero-order valence-electron chi connectivity index (χ0n) is 5.02. The Bertz CT molecular complexity index is 242. The molecule has 0 radical (unpaired) electrons. The molecule has 0 aliphatic carbocycles. The van der Waals surface area contributed by atoms with Crippen LogP contribution < -0.4 is 0 Å². The molecule has 1 N–H and O–H groups in total. The summed E-state index contributed by atoms with van der Waals surface area (Å²) in [7, 11) is 0. The normalized spacial score (nSPS) is 9.20. The van der Waals surface area contributed by atoms with Gasteiger partial charge in [0.25, 0.3) is 5.69 Å². The Hall–Kier alpha value is -1.58. The highest BCUT2D eigenvalue weighted by Crippen LogP contribution is 2.14. The number of aromatic hydroxyl groups is 1. The van der Waals surface area contributed by atoms with Crippen molar-refractivity contribution in [2.45, 2.75) is 0 Å². The van der Waals surface area contributed by atoms with Crippen molar-refractivity contribution < 1.29 is 10.0 Å². The lowest BCUT2D eigenvalue weighted by Gasteiger charge is -1.89. The third kappa shape index (κ3) is 1.22. The second kappa shape index (κ2) is 2.34. The number of benzene rings is 1. The second-order valence-corrected chi connectivity index (χ2v) is 1.77. The van der Waals surface area contributed by atoms with Crippen molar-refractivity contribution in [2.24, 2.45) is 0 Å². The minimum absolute atomic E-state index is 0.0159. The van der Waals surface area contributed by atoms with Crippen LogP contribution in [0.4, 0.5) is 5.69 Å². The molecule has 0 bridgehead atoms. The van der Waals surface area contributed by atoms with Gasteiger partial charge in [0.05, 0.1) is 4.92 Å². The molecule has 0 saturated carbocycles. The third-order valence-electron chi connectivity index (χ3n) is 1.06. The Balaban J connectivity index is 3.00. The minimum Gasteiger partial charge on any atom is -0.508 e. The monoisotopic (exact) mass is 141 g/mol. The summed E-state index contributed by atoms with van der Waals surface area (Å²) in [5, 5.41) is 18.8. The highest BCUT2D eigenvalue weighted by Gasteiger charge is 2.01. The molecule has 10 heavy (non-hydrogen) atoms. The number of hydrogen-bond donors (Lipinski definition) is 1. The summed E-state index contributed by atoms with van der Waals surface area (Å²) in [6.07, 6.45) is 0. The van der Waals surface area contributed by atoms with Crippen molar-refractivity contribution in [2.75, 3.05) is 0 Å². The van der Waals surface area contributed by atoms with Crippen LogP contribution in [-0.2, 0) is 0 Å². The van der Waals surface area contributed by atoms with E-state index in [0.717, 1.165) is 0 Å². The minimum atomic E-state index is -0.514. The van der Waals surface area contributed by atoms with E-state index in [0.29, 0.717) is 0 Å². The molecule has 52 valence electrons. The lowest BCUT2D eigenvalue weighted by molar-refractivity contribution is -0.384. The molecule has 1 rings (SSSR count). The Kier molecular flexibility index (Phi) is 1.53. The van der Waals surface area contributed by atoms with E-state index in [2.05, 4.69) is 0 Å². The molecule has 4 nitrogen and oxygen atoms in total. The van der Waals surface area contributed by atoms with Gasteiger partial charge in [-0.25, -0.2) is 0 Å². The zero-order valence-corrected chi connectivity index (χ0v) is 5.02. The van der Waals surface area contributed by atoms with Crippen LogP contribution in [0.5, 0.6) is 5.75 Å². The maximum Gasteiger partial charge on any atom is 0.269 e. The molecule has 0 saturated heterocycles. The van der Waals surface area contributed by atoms with Crippen LogP contribution in [0, 0.1) is 10.1 Å². The highest BCUT2D eigenvalue weighted by molar-refractivity contribution is 5.34. The Morgan fingerprint density at radius 2 is 2.00 bits per heavy atom. The summed E-state index contributed by atoms with van der Waals surface area (Å²) >= 11 is 0. The van der Waals surface area contributed by atoms with Gasteiger partial charge in [0.15, 0.2) is 0 Å². The summed E-state index contributed by atoms with van der Waals surface area (Å²) in [5.41, 5.74) is -0.0159. The van der Waals surface area contributed by atoms with Gasteiger partial charge in [0.2, 0.25) is 0 Å². The maximum atomic E-state index is 10.0. The van der Waals surface area contributed by atoms with Crippen LogP contribution in [-0.4, -0.2) is 10.0 Å². The molecule has 1 aromatic carbocycles. The van der Waals surface area contributed by atoms with Gasteiger partial charge in [0.1, 0.15) is 5.75 Å². The first-order chi connectivity index (χ1) is 4.70. The van der Waals surface area contributed by atoms with Crippen LogP contribution in [0.25, 0.3) is 0 Å². The average Bonchev–Trinajstić information content (AvgIpc) is 1.88. The second-order valence-electron chi connectivity index (χ2n) is 1.77. The highest BCUT2D eigenvalue weighted by atomic mass is 16.6. The van der Waals surface area contributed by atoms with Gasteiger partial charge in [-0.05, 0) is 12.1 Å². The molecule has 0 fully saturated rings. The predicted octanol–water partition coefficient (Wildman–Crippen LogP) is 1.30. The number of nitrogens with zero attached hydrogens (tertiary/aromatic N) is 1. The van der Waals surface area contributed by atoms with E-state index in [1.54, 1.807) is 0 Å². The number of hydrogen-bond acceptors (Lipinski definition) is 3. The van der Waals surface area contributed by atoms with E-state index in [9.17, 15) is 10.1 Å². The van der Waals surface area contributed by atoms with Crippen LogP contribution in [0.15, 0.2) is 24.3 Å². The molecule has 0 aromatic heterocycles. The largest absolute Gasteiger partial charge is 0.508 e. The van der Waals surface area contributed by atoms with Gasteiger partial charge in [-0.1, -0.05) is 0 Å². The summed E-state index contributed by atoms with van der Waals surface area (Å²) in [6, 6.07) is 5.04. The molecule has 0 amide bonds. The molecular formula is C6H5NO3. The summed E-state index contributed by atoms with van der Waals surface area (Å²) in [6.45, 7) is 0. The number of phenols is 1. The maximum absolute atomic E-state index is 10.0. The fraction of sp³-hybridized carbons (Fsp3) is 0. The summed E-state index contributed by atoms with van der Waals surface area (Å²) < 4.78 is 0. The number of rotatable bonds is 1. The molecule has 0 atom stereocenters. The quantitative estimate of drug-likeness (QED) is 0.473. The van der Waals surface area contributed by atoms with Crippen LogP contribution in [0.2, 0.25) is 0 Å². The van der Waals surface area contributed by atoms with E-state index in [1.807, 2.05) is 0 Å². The number of nitro benzene ring substituents is 1. The molecule has 0 spiro atoms. The predicted molar refractivity (Wildman–Crippen MR) is 34.8 cm³/mol. The third-order valence-corrected chi connectivity index (χ3v) is 1.06. The lowest BCUT2D eigenvalue weighted by Crippen LogP contribution is -1.85. The standard InChI is InChI=1S/C6H5NO3/c8-6-3-1-5(2-4-6)7(9)10/h1-4,8H/i6+2. The average molecular weight is 141 g/mol. The molecule has 4 heteroatoms. The van der Waals surface area contributed by atoms with Crippen LogP contribution in [0.3, 0.4) is 0 Å². The van der Waals surface area contributed by atoms with E-state index >= 15 is 0 Å². The Morgan fingerprint density at radius 1 is 1.50 bits per heavy atom. The van der Waals surface area contributed by atoms with E-state index < -0.39 is 4.92 Å². The fourth-order valence-electron chi connectivity index (χ4n) is 0.574. The van der Waals surface area contributed by atoms with Crippen molar-refractivity contribution in [3.63, 3.8) is 0 Å². The fourth-order valence-corrected chi connectivity index (χ4v) is 0.574. The summed E-state index contributed by atoms with van der Waals surface area (Å²) in [5.74, 6) is 0.0330. The van der Waals surface area contributed by atoms with Gasteiger partial charge in [-0.15, -0.1) is 0 Å². The molecule has 0 aliphatic rings. The van der Waals surface area contributed by atoms with Gasteiger partial charge in [-0.2, -0.15) is 0 Å². The first kappa shape index (κ1) is 6.54. The summed E-state index contributed by atoms with van der Waals surface area (Å²) in [4.78, 5) is 9.52. The van der Waals surface area contributed by atoms with Crippen molar-refractivity contribution in [3.05, 3.63) is 34.4 Å². The zero-order chi connectivity index (χ0) is 7.56. The molecular weight excluding hydrogens is 136 g/mol. The van der Waals surface area contributed by atoms with Crippen LogP contribution in [0.1, 0.15) is 0 Å². The first-order valence-corrected chi connectivity index (χ1v) is 2.63. The van der Waals surface area contributed by atoms with Gasteiger partial charge >= 0.3 is 0 Å². The lowest BCUT2D eigenvalue weighted by atomic mass is 10.4. The van der Waals surface area contributed by atoms with Gasteiger partial charge in [-0.3, -0.25) is 10.1 Å².